The van der Waals surface area contributed by atoms with E-state index >= 15 is 0 Å². The predicted molar refractivity (Wildman–Crippen MR) is 121 cm³/mol. The zero-order valence-electron chi connectivity index (χ0n) is 18.1. The molecule has 0 saturated carbocycles. The average molecular weight is 506 g/mol. The van der Waals surface area contributed by atoms with Crippen LogP contribution in [0, 0.1) is 0 Å². The maximum absolute atomic E-state index is 13.4. The lowest BCUT2D eigenvalue weighted by Crippen LogP contribution is -2.39. The zero-order valence-corrected chi connectivity index (χ0v) is 18.1. The number of fused-ring (bicyclic) bond motifs is 1. The number of aromatic hydroxyl groups is 1. The molecule has 0 bridgehead atoms. The number of halogens is 6. The van der Waals surface area contributed by atoms with Gasteiger partial charge in [0.2, 0.25) is 0 Å². The van der Waals surface area contributed by atoms with E-state index in [1.54, 1.807) is 42.5 Å². The summed E-state index contributed by atoms with van der Waals surface area (Å²) in [5.41, 5.74) is -5.77. The van der Waals surface area contributed by atoms with Crippen molar-refractivity contribution in [2.24, 2.45) is 0 Å². The van der Waals surface area contributed by atoms with Gasteiger partial charge in [0.1, 0.15) is 5.75 Å². The van der Waals surface area contributed by atoms with Crippen molar-refractivity contribution in [3.63, 3.8) is 0 Å². The molecule has 0 unspecified atom stereocenters. The Bertz CT molecular complexity index is 1550. The van der Waals surface area contributed by atoms with Gasteiger partial charge in [-0.25, -0.2) is 9.36 Å². The van der Waals surface area contributed by atoms with Gasteiger partial charge in [0.15, 0.2) is 0 Å². The Morgan fingerprint density at radius 3 is 2.00 bits per heavy atom. The first-order chi connectivity index (χ1) is 16.9. The summed E-state index contributed by atoms with van der Waals surface area (Å²) in [6.45, 7) is -0.166. The molecule has 0 saturated heterocycles. The number of alkyl halides is 6. The SMILES string of the molecule is O=c1c2cc(O)ccc2n(C/C=C/c2ccccc2)c(=O)n1-c1cc(C(F)(F)F)cc(C(F)(F)F)c1. The van der Waals surface area contributed by atoms with E-state index in [1.807, 2.05) is 0 Å². The van der Waals surface area contributed by atoms with Gasteiger partial charge in [-0.2, -0.15) is 26.3 Å². The van der Waals surface area contributed by atoms with Gasteiger partial charge in [-0.05, 0) is 42.0 Å². The molecule has 0 aliphatic heterocycles. The molecule has 36 heavy (non-hydrogen) atoms. The fourth-order valence-electron chi connectivity index (χ4n) is 3.69. The van der Waals surface area contributed by atoms with Crippen molar-refractivity contribution in [3.8, 4) is 11.4 Å². The summed E-state index contributed by atoms with van der Waals surface area (Å²) in [4.78, 5) is 26.4. The van der Waals surface area contributed by atoms with Crippen LogP contribution in [0.4, 0.5) is 26.3 Å². The summed E-state index contributed by atoms with van der Waals surface area (Å²) < 4.78 is 81.6. The first-order valence-electron chi connectivity index (χ1n) is 10.4. The van der Waals surface area contributed by atoms with Crippen LogP contribution < -0.4 is 11.2 Å². The highest BCUT2D eigenvalue weighted by molar-refractivity contribution is 5.80. The molecule has 4 rings (SSSR count). The lowest BCUT2D eigenvalue weighted by molar-refractivity contribution is -0.143. The third kappa shape index (κ3) is 4.90. The summed E-state index contributed by atoms with van der Waals surface area (Å²) in [6.07, 6.45) is -7.15. The first-order valence-corrected chi connectivity index (χ1v) is 10.4. The molecule has 0 amide bonds. The van der Waals surface area contributed by atoms with Gasteiger partial charge in [-0.1, -0.05) is 42.5 Å². The Morgan fingerprint density at radius 2 is 1.42 bits per heavy atom. The highest BCUT2D eigenvalue weighted by Crippen LogP contribution is 2.36. The summed E-state index contributed by atoms with van der Waals surface area (Å²) >= 11 is 0. The van der Waals surface area contributed by atoms with Gasteiger partial charge < -0.3 is 5.11 Å². The zero-order chi connectivity index (χ0) is 26.3. The van der Waals surface area contributed by atoms with E-state index in [-0.39, 0.29) is 33.8 Å². The number of hydrogen-bond acceptors (Lipinski definition) is 3. The minimum absolute atomic E-state index is 0.0415. The molecule has 1 heterocycles. The van der Waals surface area contributed by atoms with Crippen molar-refractivity contribution < 1.29 is 31.4 Å². The van der Waals surface area contributed by atoms with Crippen LogP contribution in [0.3, 0.4) is 0 Å². The molecule has 0 aliphatic rings. The van der Waals surface area contributed by atoms with Crippen molar-refractivity contribution in [2.75, 3.05) is 0 Å². The van der Waals surface area contributed by atoms with Crippen molar-refractivity contribution in [1.82, 2.24) is 9.13 Å². The molecule has 11 heteroatoms. The lowest BCUT2D eigenvalue weighted by atomic mass is 10.1. The van der Waals surface area contributed by atoms with E-state index in [9.17, 15) is 41.0 Å². The van der Waals surface area contributed by atoms with Crippen LogP contribution in [0.2, 0.25) is 0 Å². The number of rotatable bonds is 4. The maximum Gasteiger partial charge on any atom is 0.416 e. The molecule has 0 radical (unpaired) electrons. The topological polar surface area (TPSA) is 64.2 Å². The third-order valence-corrected chi connectivity index (χ3v) is 5.36. The van der Waals surface area contributed by atoms with Gasteiger partial charge >= 0.3 is 18.0 Å². The van der Waals surface area contributed by atoms with Crippen LogP contribution in [0.15, 0.2) is 82.4 Å². The number of phenolic OH excluding ortho intramolecular Hbond substituents is 1. The van der Waals surface area contributed by atoms with Crippen LogP contribution in [0.5, 0.6) is 5.75 Å². The fraction of sp³-hybridized carbons (Fsp3) is 0.120. The molecule has 0 atom stereocenters. The Morgan fingerprint density at radius 1 is 0.806 bits per heavy atom. The molecule has 4 aromatic rings. The summed E-state index contributed by atoms with van der Waals surface area (Å²) in [7, 11) is 0. The van der Waals surface area contributed by atoms with E-state index < -0.39 is 40.4 Å². The van der Waals surface area contributed by atoms with E-state index in [1.165, 1.54) is 12.1 Å². The average Bonchev–Trinajstić information content (AvgIpc) is 2.81. The second-order valence-corrected chi connectivity index (χ2v) is 7.81. The first kappa shape index (κ1) is 24.8. The van der Waals surface area contributed by atoms with Gasteiger partial charge in [-0.15, -0.1) is 0 Å². The Hall–Kier alpha value is -4.28. The molecule has 5 nitrogen and oxygen atoms in total. The second-order valence-electron chi connectivity index (χ2n) is 7.81. The standard InChI is InChI=1S/C25H16F6N2O3/c26-24(27,28)16-11-17(25(29,30)31)13-18(12-16)33-22(35)20-14-19(34)8-9-21(20)32(23(33)36)10-4-7-15-5-2-1-3-6-15/h1-9,11-14,34H,10H2/b7-4+. The molecular formula is C25H16F6N2O3. The number of nitrogens with zero attached hydrogens (tertiary/aromatic N) is 2. The second kappa shape index (κ2) is 9.06. The van der Waals surface area contributed by atoms with E-state index in [2.05, 4.69) is 0 Å². The summed E-state index contributed by atoms with van der Waals surface area (Å²) in [5.74, 6) is -0.379. The lowest BCUT2D eigenvalue weighted by Gasteiger charge is -2.17. The van der Waals surface area contributed by atoms with E-state index in [0.717, 1.165) is 16.2 Å². The molecule has 0 fully saturated rings. The highest BCUT2D eigenvalue weighted by atomic mass is 19.4. The fourth-order valence-corrected chi connectivity index (χ4v) is 3.69. The van der Waals surface area contributed by atoms with Crippen molar-refractivity contribution in [1.29, 1.82) is 0 Å². The number of phenols is 1. The van der Waals surface area contributed by atoms with Crippen molar-refractivity contribution >= 4 is 17.0 Å². The Labute approximate surface area is 198 Å². The quantitative estimate of drug-likeness (QED) is 0.366. The number of hydrogen-bond donors (Lipinski definition) is 1. The maximum atomic E-state index is 13.4. The molecule has 0 spiro atoms. The monoisotopic (exact) mass is 506 g/mol. The minimum atomic E-state index is -5.17. The molecule has 3 aromatic carbocycles. The van der Waals surface area contributed by atoms with Crippen molar-refractivity contribution in [2.45, 2.75) is 18.9 Å². The van der Waals surface area contributed by atoms with Gasteiger partial charge in [0.25, 0.3) is 5.56 Å². The largest absolute Gasteiger partial charge is 0.508 e. The highest BCUT2D eigenvalue weighted by Gasteiger charge is 2.37. The predicted octanol–water partition coefficient (Wildman–Crippen LogP) is 5.61. The van der Waals surface area contributed by atoms with Crippen LogP contribution in [0.1, 0.15) is 16.7 Å². The van der Waals surface area contributed by atoms with E-state index in [0.29, 0.717) is 12.1 Å². The molecule has 186 valence electrons. The van der Waals surface area contributed by atoms with Crippen LogP contribution in [-0.4, -0.2) is 14.2 Å². The molecule has 0 aliphatic carbocycles. The number of aromatic nitrogens is 2. The minimum Gasteiger partial charge on any atom is -0.508 e. The Kier molecular flexibility index (Phi) is 6.25. The normalized spacial score (nSPS) is 12.5. The summed E-state index contributed by atoms with van der Waals surface area (Å²) in [5, 5.41) is 9.59. The molecule has 1 aromatic heterocycles. The van der Waals surface area contributed by atoms with Crippen LogP contribution in [0.25, 0.3) is 22.7 Å². The third-order valence-electron chi connectivity index (χ3n) is 5.36. The number of benzene rings is 3. The smallest absolute Gasteiger partial charge is 0.416 e. The van der Waals surface area contributed by atoms with Gasteiger partial charge in [0.05, 0.1) is 27.7 Å². The van der Waals surface area contributed by atoms with Crippen molar-refractivity contribution in [3.05, 3.63) is 110 Å². The number of allylic oxidation sites excluding steroid dienone is 1. The Balaban J connectivity index is 1.99. The molecular weight excluding hydrogens is 490 g/mol. The van der Waals surface area contributed by atoms with Gasteiger partial charge in [-0.3, -0.25) is 9.36 Å². The van der Waals surface area contributed by atoms with E-state index in [4.69, 9.17) is 0 Å². The van der Waals surface area contributed by atoms with Crippen LogP contribution >= 0.6 is 0 Å². The summed E-state index contributed by atoms with van der Waals surface area (Å²) in [6, 6.07) is 12.9. The van der Waals surface area contributed by atoms with Crippen LogP contribution in [-0.2, 0) is 18.9 Å². The van der Waals surface area contributed by atoms with Gasteiger partial charge in [0, 0.05) is 6.54 Å². The molecule has 1 N–H and O–H groups in total.